The van der Waals surface area contributed by atoms with Gasteiger partial charge in [0.15, 0.2) is 12.1 Å². The summed E-state index contributed by atoms with van der Waals surface area (Å²) in [6, 6.07) is 15.9. The van der Waals surface area contributed by atoms with Gasteiger partial charge in [-0.2, -0.15) is 0 Å². The highest BCUT2D eigenvalue weighted by Crippen LogP contribution is 2.39. The normalized spacial score (nSPS) is 22.4. The number of benzene rings is 2. The molecular weight excluding hydrogens is 616 g/mol. The van der Waals surface area contributed by atoms with E-state index in [9.17, 15) is 9.90 Å². The molecule has 3 fully saturated rings. The quantitative estimate of drug-likeness (QED) is 0.135. The zero-order chi connectivity index (χ0) is 34.2. The molecule has 3 heterocycles. The largest absolute Gasteiger partial charge is 0.392 e. The van der Waals surface area contributed by atoms with Crippen LogP contribution in [0.25, 0.3) is 0 Å². The number of nitrogens with zero attached hydrogens (tertiary/aromatic N) is 1. The van der Waals surface area contributed by atoms with Crippen molar-refractivity contribution in [3.8, 4) is 0 Å². The molecule has 0 radical (unpaired) electrons. The Balaban J connectivity index is 1.07. The third kappa shape index (κ3) is 12.4. The maximum absolute atomic E-state index is 12.8. The summed E-state index contributed by atoms with van der Waals surface area (Å²) < 4.78 is 25.1. The zero-order valence-electron chi connectivity index (χ0n) is 30.0. The van der Waals surface area contributed by atoms with E-state index in [0.29, 0.717) is 19.6 Å². The van der Waals surface area contributed by atoms with Crippen LogP contribution in [0.2, 0.25) is 0 Å². The average molecular weight is 679 g/mol. The monoisotopic (exact) mass is 678 g/mol. The predicted molar refractivity (Wildman–Crippen MR) is 194 cm³/mol. The standard InChI is InChI=1S/C41H62N2O6/c1-2-3-4-5-6-7-8-9-10-11-12-13-14-18-39(45)42-36-17-15-16-35(29-36)40-48-37(30-38(49-40)34-21-19-33(32-44)20-22-34)31-43-25-23-41(24-26-43)46-27-28-47-41/h15-17,19-22,29,37-38,40,44H,2-14,18,23-28,30-32H2,1H3,(H,42,45). The van der Waals surface area contributed by atoms with Gasteiger partial charge in [-0.1, -0.05) is 120 Å². The van der Waals surface area contributed by atoms with E-state index in [1.165, 1.54) is 70.6 Å². The minimum Gasteiger partial charge on any atom is -0.392 e. The Hall–Kier alpha value is -2.33. The summed E-state index contributed by atoms with van der Waals surface area (Å²) in [5.74, 6) is -0.340. The molecule has 1 amide bonds. The molecule has 3 aliphatic heterocycles. The number of unbranched alkanes of at least 4 members (excludes halogenated alkanes) is 12. The van der Waals surface area contributed by atoms with Gasteiger partial charge in [-0.05, 0) is 29.7 Å². The molecule has 3 saturated heterocycles. The van der Waals surface area contributed by atoms with Crippen LogP contribution in [0, 0.1) is 0 Å². The molecule has 1 spiro atoms. The van der Waals surface area contributed by atoms with Crippen molar-refractivity contribution in [1.82, 2.24) is 4.90 Å². The van der Waals surface area contributed by atoms with Crippen LogP contribution in [0.1, 0.15) is 145 Å². The number of carbonyl (C=O) groups is 1. The van der Waals surface area contributed by atoms with Crippen LogP contribution in [0.15, 0.2) is 48.5 Å². The average Bonchev–Trinajstić information content (AvgIpc) is 3.59. The Morgan fingerprint density at radius 2 is 1.45 bits per heavy atom. The Bertz CT molecular complexity index is 1220. The Morgan fingerprint density at radius 3 is 2.08 bits per heavy atom. The minimum atomic E-state index is -0.559. The zero-order valence-corrected chi connectivity index (χ0v) is 30.0. The van der Waals surface area contributed by atoms with Gasteiger partial charge in [0.25, 0.3) is 0 Å². The van der Waals surface area contributed by atoms with Gasteiger partial charge in [-0.15, -0.1) is 0 Å². The summed E-state index contributed by atoms with van der Waals surface area (Å²) in [4.78, 5) is 15.3. The first kappa shape index (κ1) is 37.9. The number of likely N-dealkylation sites (tertiary alicyclic amines) is 1. The SMILES string of the molecule is CCCCCCCCCCCCCCCC(=O)Nc1cccc(C2OC(CN3CCC4(CC3)OCCO4)CC(c3ccc(CO)cc3)O2)c1. The van der Waals surface area contributed by atoms with E-state index >= 15 is 0 Å². The molecule has 3 unspecified atom stereocenters. The molecule has 2 aromatic carbocycles. The van der Waals surface area contributed by atoms with E-state index < -0.39 is 12.1 Å². The molecule has 3 atom stereocenters. The number of nitrogens with one attached hydrogen (secondary N) is 1. The molecule has 0 aliphatic carbocycles. The lowest BCUT2D eigenvalue weighted by Crippen LogP contribution is -2.48. The van der Waals surface area contributed by atoms with Gasteiger partial charge in [0.2, 0.25) is 5.91 Å². The Morgan fingerprint density at radius 1 is 0.816 bits per heavy atom. The second kappa shape index (κ2) is 20.5. The number of piperidine rings is 1. The van der Waals surface area contributed by atoms with Crippen molar-refractivity contribution < 1.29 is 28.8 Å². The Kier molecular flexibility index (Phi) is 15.9. The second-order valence-corrected chi connectivity index (χ2v) is 14.4. The molecule has 5 rings (SSSR count). The van der Waals surface area contributed by atoms with Gasteiger partial charge in [0, 0.05) is 56.6 Å². The van der Waals surface area contributed by atoms with E-state index in [0.717, 1.165) is 74.1 Å². The highest BCUT2D eigenvalue weighted by Gasteiger charge is 2.41. The predicted octanol–water partition coefficient (Wildman–Crippen LogP) is 8.98. The van der Waals surface area contributed by atoms with E-state index in [4.69, 9.17) is 18.9 Å². The number of hydrogen-bond donors (Lipinski definition) is 2. The van der Waals surface area contributed by atoms with Gasteiger partial charge in [0.1, 0.15) is 0 Å². The van der Waals surface area contributed by atoms with Crippen LogP contribution >= 0.6 is 0 Å². The van der Waals surface area contributed by atoms with Gasteiger partial charge in [-0.3, -0.25) is 4.79 Å². The molecule has 0 aromatic heterocycles. The van der Waals surface area contributed by atoms with Gasteiger partial charge >= 0.3 is 0 Å². The molecule has 8 nitrogen and oxygen atoms in total. The highest BCUT2D eigenvalue weighted by molar-refractivity contribution is 5.90. The number of anilines is 1. The summed E-state index contributed by atoms with van der Waals surface area (Å²) >= 11 is 0. The Labute approximate surface area is 295 Å². The topological polar surface area (TPSA) is 89.5 Å². The lowest BCUT2D eigenvalue weighted by Gasteiger charge is -2.41. The van der Waals surface area contributed by atoms with Crippen molar-refractivity contribution in [2.45, 2.75) is 147 Å². The number of amides is 1. The number of hydrogen-bond acceptors (Lipinski definition) is 7. The van der Waals surface area contributed by atoms with E-state index in [1.54, 1.807) is 0 Å². The van der Waals surface area contributed by atoms with Gasteiger partial charge in [0.05, 0.1) is 32.0 Å². The fourth-order valence-electron chi connectivity index (χ4n) is 7.47. The summed E-state index contributed by atoms with van der Waals surface area (Å²) in [5.41, 5.74) is 3.62. The van der Waals surface area contributed by atoms with E-state index in [2.05, 4.69) is 17.1 Å². The highest BCUT2D eigenvalue weighted by atomic mass is 16.7. The number of ether oxygens (including phenoxy) is 4. The lowest BCUT2D eigenvalue weighted by molar-refractivity contribution is -0.255. The molecule has 2 aromatic rings. The van der Waals surface area contributed by atoms with Crippen LogP contribution in [-0.4, -0.2) is 60.7 Å². The molecule has 272 valence electrons. The van der Waals surface area contributed by atoms with Gasteiger partial charge in [-0.25, -0.2) is 0 Å². The summed E-state index contributed by atoms with van der Waals surface area (Å²) in [5, 5.41) is 12.7. The van der Waals surface area contributed by atoms with Crippen LogP contribution in [0.3, 0.4) is 0 Å². The van der Waals surface area contributed by atoms with Crippen LogP contribution in [-0.2, 0) is 30.3 Å². The van der Waals surface area contributed by atoms with Crippen molar-refractivity contribution in [1.29, 1.82) is 0 Å². The maximum atomic E-state index is 12.8. The fourth-order valence-corrected chi connectivity index (χ4v) is 7.47. The fraction of sp³-hybridized carbons (Fsp3) is 0.683. The van der Waals surface area contributed by atoms with Crippen LogP contribution in [0.5, 0.6) is 0 Å². The maximum Gasteiger partial charge on any atom is 0.224 e. The summed E-state index contributed by atoms with van der Waals surface area (Å²) in [6.45, 7) is 6.26. The first-order chi connectivity index (χ1) is 24.1. The first-order valence-electron chi connectivity index (χ1n) is 19.5. The molecule has 3 aliphatic rings. The second-order valence-electron chi connectivity index (χ2n) is 14.4. The number of aliphatic hydroxyl groups is 1. The third-order valence-electron chi connectivity index (χ3n) is 10.5. The van der Waals surface area contributed by atoms with E-state index in [-0.39, 0.29) is 24.7 Å². The molecule has 2 N–H and O–H groups in total. The minimum absolute atomic E-state index is 0.0158. The number of rotatable bonds is 20. The van der Waals surface area contributed by atoms with Crippen molar-refractivity contribution in [2.75, 3.05) is 38.2 Å². The molecular formula is C41H62N2O6. The lowest BCUT2D eigenvalue weighted by atomic mass is 9.98. The van der Waals surface area contributed by atoms with E-state index in [1.807, 2.05) is 48.5 Å². The molecule has 0 bridgehead atoms. The van der Waals surface area contributed by atoms with Crippen molar-refractivity contribution in [2.24, 2.45) is 0 Å². The van der Waals surface area contributed by atoms with Gasteiger partial charge < -0.3 is 34.3 Å². The van der Waals surface area contributed by atoms with Crippen molar-refractivity contribution >= 4 is 11.6 Å². The van der Waals surface area contributed by atoms with Crippen molar-refractivity contribution in [3.05, 3.63) is 65.2 Å². The molecule has 0 saturated carbocycles. The first-order valence-corrected chi connectivity index (χ1v) is 19.5. The van der Waals surface area contributed by atoms with Crippen molar-refractivity contribution in [3.63, 3.8) is 0 Å². The molecule has 8 heteroatoms. The smallest absolute Gasteiger partial charge is 0.224 e. The van der Waals surface area contributed by atoms with Crippen LogP contribution < -0.4 is 5.32 Å². The third-order valence-corrected chi connectivity index (χ3v) is 10.5. The summed E-state index contributed by atoms with van der Waals surface area (Å²) in [6.07, 6.45) is 19.1. The molecule has 49 heavy (non-hydrogen) atoms. The number of carbonyl (C=O) groups excluding carboxylic acids is 1. The van der Waals surface area contributed by atoms with Crippen LogP contribution in [0.4, 0.5) is 5.69 Å². The summed E-state index contributed by atoms with van der Waals surface area (Å²) in [7, 11) is 0. The number of aliphatic hydroxyl groups excluding tert-OH is 1.